The molecule has 5 rings (SSSR count). The molecular formula is C33H40BNO5. The number of nitrogens with zero attached hydrogens (tertiary/aromatic N) is 1. The quantitative estimate of drug-likeness (QED) is 0.230. The molecule has 2 amide bonds. The molecule has 2 saturated heterocycles. The van der Waals surface area contributed by atoms with Gasteiger partial charge in [-0.25, -0.2) is 0 Å². The van der Waals surface area contributed by atoms with E-state index in [4.69, 9.17) is 4.65 Å². The van der Waals surface area contributed by atoms with Gasteiger partial charge in [0.1, 0.15) is 5.75 Å². The monoisotopic (exact) mass is 541 g/mol. The van der Waals surface area contributed by atoms with Gasteiger partial charge in [-0.3, -0.25) is 14.5 Å². The van der Waals surface area contributed by atoms with Crippen LogP contribution in [0.3, 0.4) is 0 Å². The summed E-state index contributed by atoms with van der Waals surface area (Å²) in [5.41, 5.74) is 7.04. The molecular weight excluding hydrogens is 501 g/mol. The Labute approximate surface area is 237 Å². The van der Waals surface area contributed by atoms with E-state index < -0.39 is 13.0 Å². The molecule has 2 fully saturated rings. The molecule has 0 saturated carbocycles. The van der Waals surface area contributed by atoms with E-state index in [1.54, 1.807) is 0 Å². The first-order valence-corrected chi connectivity index (χ1v) is 14.7. The lowest BCUT2D eigenvalue weighted by atomic mass is 9.58. The number of imide groups is 1. The van der Waals surface area contributed by atoms with Crippen molar-refractivity contribution in [2.45, 2.75) is 78.6 Å². The molecule has 210 valence electrons. The van der Waals surface area contributed by atoms with Gasteiger partial charge in [0.2, 0.25) is 11.8 Å². The number of phenolic OH excluding ortho intramolecular Hbond substituents is 1. The number of anilines is 1. The highest BCUT2D eigenvalue weighted by Crippen LogP contribution is 2.52. The Hall–Kier alpha value is -3.16. The van der Waals surface area contributed by atoms with E-state index in [-0.39, 0.29) is 29.8 Å². The molecule has 0 radical (unpaired) electrons. The van der Waals surface area contributed by atoms with E-state index in [2.05, 4.69) is 19.9 Å². The number of amides is 2. The van der Waals surface area contributed by atoms with Gasteiger partial charge in [0.05, 0.1) is 23.6 Å². The standard InChI is InChI=1S/C33H40BNO5/c1-5-10-24-18-26-30(33(38)35(32(26)37)25-11-8-7-9-12-25)27-19-34(39)40-28(29(24)27)14-13-22(6-2)17-23-15-20(3)31(36)21(4)16-23/h7-9,11-12,15-17,26-28,30,36,39H,5-6,10,13-14,18-19H2,1-4H3/b22-17+/t26-,27+,28-,30-/m1/s1. The van der Waals surface area contributed by atoms with Crippen LogP contribution in [0.15, 0.2) is 59.2 Å². The van der Waals surface area contributed by atoms with Crippen LogP contribution >= 0.6 is 0 Å². The maximum Gasteiger partial charge on any atom is 0.455 e. The Morgan fingerprint density at radius 2 is 1.77 bits per heavy atom. The van der Waals surface area contributed by atoms with E-state index in [1.807, 2.05) is 56.3 Å². The zero-order chi connectivity index (χ0) is 28.6. The maximum atomic E-state index is 13.8. The summed E-state index contributed by atoms with van der Waals surface area (Å²) in [7, 11) is -0.967. The van der Waals surface area contributed by atoms with E-state index in [0.29, 0.717) is 30.6 Å². The van der Waals surface area contributed by atoms with Crippen molar-refractivity contribution in [2.24, 2.45) is 17.8 Å². The maximum absolute atomic E-state index is 13.8. The normalized spacial score (nSPS) is 25.0. The summed E-state index contributed by atoms with van der Waals surface area (Å²) in [5, 5.41) is 21.0. The van der Waals surface area contributed by atoms with Crippen LogP contribution in [0.5, 0.6) is 5.75 Å². The van der Waals surface area contributed by atoms with Gasteiger partial charge in [0.25, 0.3) is 0 Å². The number of aromatic hydroxyl groups is 1. The van der Waals surface area contributed by atoms with Crippen molar-refractivity contribution in [1.29, 1.82) is 0 Å². The summed E-state index contributed by atoms with van der Waals surface area (Å²) >= 11 is 0. The Kier molecular flexibility index (Phi) is 8.34. The first-order chi connectivity index (χ1) is 19.2. The average molecular weight is 541 g/mol. The number of hydrogen-bond acceptors (Lipinski definition) is 5. The van der Waals surface area contributed by atoms with Gasteiger partial charge >= 0.3 is 7.12 Å². The molecule has 3 aliphatic rings. The van der Waals surface area contributed by atoms with Crippen LogP contribution in [0.1, 0.15) is 69.1 Å². The summed E-state index contributed by atoms with van der Waals surface area (Å²) < 4.78 is 6.18. The lowest BCUT2D eigenvalue weighted by molar-refractivity contribution is -0.122. The van der Waals surface area contributed by atoms with E-state index in [1.165, 1.54) is 16.0 Å². The van der Waals surface area contributed by atoms with Gasteiger partial charge in [-0.2, -0.15) is 0 Å². The van der Waals surface area contributed by atoms with Crippen molar-refractivity contribution in [1.82, 2.24) is 0 Å². The van der Waals surface area contributed by atoms with Crippen molar-refractivity contribution in [3.8, 4) is 5.75 Å². The molecule has 2 heterocycles. The number of carbonyl (C=O) groups is 2. The van der Waals surface area contributed by atoms with Crippen molar-refractivity contribution >= 4 is 30.7 Å². The molecule has 0 bridgehead atoms. The molecule has 2 aliphatic heterocycles. The predicted molar refractivity (Wildman–Crippen MR) is 159 cm³/mol. The molecule has 6 nitrogen and oxygen atoms in total. The fraction of sp³-hybridized carbons (Fsp3) is 0.455. The van der Waals surface area contributed by atoms with Gasteiger partial charge in [0.15, 0.2) is 0 Å². The minimum atomic E-state index is -0.967. The molecule has 0 spiro atoms. The number of phenols is 1. The lowest BCUT2D eigenvalue weighted by Crippen LogP contribution is -2.46. The fourth-order valence-corrected chi connectivity index (χ4v) is 7.11. The minimum absolute atomic E-state index is 0.123. The Morgan fingerprint density at radius 1 is 1.07 bits per heavy atom. The zero-order valence-corrected chi connectivity index (χ0v) is 24.0. The van der Waals surface area contributed by atoms with Gasteiger partial charge in [-0.1, -0.05) is 55.7 Å². The molecule has 4 atom stereocenters. The summed E-state index contributed by atoms with van der Waals surface area (Å²) in [6.07, 6.45) is 6.99. The fourth-order valence-electron chi connectivity index (χ4n) is 7.11. The van der Waals surface area contributed by atoms with Gasteiger partial charge in [-0.05, 0) is 105 Å². The van der Waals surface area contributed by atoms with E-state index in [9.17, 15) is 19.7 Å². The Balaban J connectivity index is 1.43. The van der Waals surface area contributed by atoms with Crippen molar-refractivity contribution in [2.75, 3.05) is 4.90 Å². The van der Waals surface area contributed by atoms with Gasteiger partial charge in [0, 0.05) is 0 Å². The molecule has 40 heavy (non-hydrogen) atoms. The molecule has 2 aromatic rings. The third-order valence-electron chi connectivity index (χ3n) is 8.94. The lowest BCUT2D eigenvalue weighted by Gasteiger charge is -2.43. The predicted octanol–water partition coefficient (Wildman–Crippen LogP) is 6.38. The summed E-state index contributed by atoms with van der Waals surface area (Å²) in [4.78, 5) is 28.8. The summed E-state index contributed by atoms with van der Waals surface area (Å²) in [5.74, 6) is -0.992. The van der Waals surface area contributed by atoms with E-state index in [0.717, 1.165) is 47.9 Å². The SMILES string of the molecule is CCCC1=C2[C@@H](CC/C(=C/c3cc(C)c(O)c(C)c3)CC)OB(O)C[C@@H]2[C@@H]2C(=O)N(c3ccccc3)C(=O)[C@@H]2C1. The van der Waals surface area contributed by atoms with Crippen LogP contribution in [-0.4, -0.2) is 35.2 Å². The largest absolute Gasteiger partial charge is 0.507 e. The minimum Gasteiger partial charge on any atom is -0.507 e. The summed E-state index contributed by atoms with van der Waals surface area (Å²) in [6.45, 7) is 8.10. The number of allylic oxidation sites excluding steroid dienone is 2. The van der Waals surface area contributed by atoms with Crippen LogP contribution in [-0.2, 0) is 14.2 Å². The second-order valence-corrected chi connectivity index (χ2v) is 11.6. The van der Waals surface area contributed by atoms with Crippen LogP contribution in [0.4, 0.5) is 5.69 Å². The topological polar surface area (TPSA) is 87.1 Å². The van der Waals surface area contributed by atoms with Crippen molar-refractivity contribution in [3.63, 3.8) is 0 Å². The van der Waals surface area contributed by atoms with E-state index >= 15 is 0 Å². The molecule has 0 aromatic heterocycles. The van der Waals surface area contributed by atoms with Crippen LogP contribution in [0.2, 0.25) is 6.32 Å². The zero-order valence-electron chi connectivity index (χ0n) is 24.0. The molecule has 1 aliphatic carbocycles. The third kappa shape index (κ3) is 5.29. The Morgan fingerprint density at radius 3 is 2.42 bits per heavy atom. The second-order valence-electron chi connectivity index (χ2n) is 11.6. The first kappa shape index (κ1) is 28.4. The molecule has 0 unspecified atom stereocenters. The number of benzene rings is 2. The third-order valence-corrected chi connectivity index (χ3v) is 8.94. The van der Waals surface area contributed by atoms with Crippen molar-refractivity contribution < 1.29 is 24.4 Å². The number of para-hydroxylation sites is 1. The number of fused-ring (bicyclic) bond motifs is 3. The number of hydrogen-bond donors (Lipinski definition) is 2. The van der Waals surface area contributed by atoms with Gasteiger partial charge in [-0.15, -0.1) is 0 Å². The second kappa shape index (κ2) is 11.8. The molecule has 7 heteroatoms. The van der Waals surface area contributed by atoms with Gasteiger partial charge < -0.3 is 14.8 Å². The molecule has 2 aromatic carbocycles. The number of carbonyl (C=O) groups excluding carboxylic acids is 2. The first-order valence-electron chi connectivity index (χ1n) is 14.7. The highest BCUT2D eigenvalue weighted by atomic mass is 16.5. The van der Waals surface area contributed by atoms with Crippen LogP contribution < -0.4 is 4.90 Å². The average Bonchev–Trinajstić information content (AvgIpc) is 3.19. The van der Waals surface area contributed by atoms with Crippen LogP contribution in [0.25, 0.3) is 6.08 Å². The summed E-state index contributed by atoms with van der Waals surface area (Å²) in [6, 6.07) is 13.2. The van der Waals surface area contributed by atoms with Crippen LogP contribution in [0, 0.1) is 31.6 Å². The number of aryl methyl sites for hydroxylation is 2. The number of rotatable bonds is 8. The Bertz CT molecular complexity index is 1330. The van der Waals surface area contributed by atoms with Crippen molar-refractivity contribution in [3.05, 3.63) is 75.9 Å². The smallest absolute Gasteiger partial charge is 0.455 e. The highest BCUT2D eigenvalue weighted by Gasteiger charge is 2.57. The highest BCUT2D eigenvalue weighted by molar-refractivity contribution is 6.43. The molecule has 2 N–H and O–H groups in total.